The van der Waals surface area contributed by atoms with Gasteiger partial charge in [-0.1, -0.05) is 19.3 Å². The normalized spacial score (nSPS) is 20.3. The third kappa shape index (κ3) is 3.73. The average Bonchev–Trinajstić information content (AvgIpc) is 2.57. The Morgan fingerprint density at radius 1 is 1.19 bits per heavy atom. The van der Waals surface area contributed by atoms with Gasteiger partial charge in [0.15, 0.2) is 0 Å². The first kappa shape index (κ1) is 14.3. The number of nitrogens with zero attached hydrogens (tertiary/aromatic N) is 2. The number of aromatic nitrogens is 1. The van der Waals surface area contributed by atoms with Crippen LogP contribution in [0.3, 0.4) is 0 Å². The molecule has 1 amide bonds. The van der Waals surface area contributed by atoms with Crippen LogP contribution in [0.2, 0.25) is 0 Å². The Kier molecular flexibility index (Phi) is 4.70. The van der Waals surface area contributed by atoms with Crippen molar-refractivity contribution in [1.29, 1.82) is 0 Å². The van der Waals surface area contributed by atoms with Crippen LogP contribution in [0.5, 0.6) is 0 Å². The highest BCUT2D eigenvalue weighted by Crippen LogP contribution is 2.25. The van der Waals surface area contributed by atoms with Crippen LogP contribution in [0.15, 0.2) is 18.3 Å². The lowest BCUT2D eigenvalue weighted by molar-refractivity contribution is -0.120. The molecule has 1 aromatic heterocycles. The number of pyridine rings is 1. The van der Waals surface area contributed by atoms with Crippen molar-refractivity contribution in [2.24, 2.45) is 5.92 Å². The van der Waals surface area contributed by atoms with Gasteiger partial charge in [-0.05, 0) is 25.0 Å². The number of rotatable bonds is 3. The number of amides is 1. The number of hydrogen-bond acceptors (Lipinski definition) is 4. The Balaban J connectivity index is 1.57. The van der Waals surface area contributed by atoms with Crippen molar-refractivity contribution in [3.63, 3.8) is 0 Å². The predicted octanol–water partition coefficient (Wildman–Crippen LogP) is 2.01. The number of carbonyl (C=O) groups excluding carboxylic acids is 1. The molecule has 5 heteroatoms. The number of nitrogens with one attached hydrogen (secondary N) is 2. The minimum absolute atomic E-state index is 0.159. The van der Waals surface area contributed by atoms with Gasteiger partial charge in [0.2, 0.25) is 5.91 Å². The van der Waals surface area contributed by atoms with E-state index in [9.17, 15) is 4.79 Å². The minimum Gasteiger partial charge on any atom is -0.354 e. The highest BCUT2D eigenvalue weighted by molar-refractivity contribution is 5.92. The fourth-order valence-electron chi connectivity index (χ4n) is 3.15. The summed E-state index contributed by atoms with van der Waals surface area (Å²) in [6, 6.07) is 3.97. The molecule has 3 rings (SSSR count). The summed E-state index contributed by atoms with van der Waals surface area (Å²) in [6.07, 6.45) is 7.45. The van der Waals surface area contributed by atoms with E-state index in [0.29, 0.717) is 0 Å². The topological polar surface area (TPSA) is 57.3 Å². The first-order chi connectivity index (χ1) is 10.3. The molecule has 0 unspecified atom stereocenters. The largest absolute Gasteiger partial charge is 0.354 e. The van der Waals surface area contributed by atoms with Gasteiger partial charge in [0.05, 0.1) is 11.9 Å². The zero-order valence-corrected chi connectivity index (χ0v) is 12.5. The highest BCUT2D eigenvalue weighted by Gasteiger charge is 2.21. The Hall–Kier alpha value is -1.62. The highest BCUT2D eigenvalue weighted by atomic mass is 16.1. The predicted molar refractivity (Wildman–Crippen MR) is 84.5 cm³/mol. The Morgan fingerprint density at radius 3 is 2.62 bits per heavy atom. The molecular weight excluding hydrogens is 264 g/mol. The fourth-order valence-corrected chi connectivity index (χ4v) is 3.15. The molecule has 0 atom stereocenters. The molecule has 1 aliphatic heterocycles. The monoisotopic (exact) mass is 288 g/mol. The summed E-state index contributed by atoms with van der Waals surface area (Å²) in [5.41, 5.74) is 0.810. The maximum atomic E-state index is 12.2. The van der Waals surface area contributed by atoms with E-state index < -0.39 is 0 Å². The molecular formula is C16H24N4O. The van der Waals surface area contributed by atoms with Gasteiger partial charge < -0.3 is 15.5 Å². The Morgan fingerprint density at radius 2 is 1.95 bits per heavy atom. The first-order valence-electron chi connectivity index (χ1n) is 8.05. The van der Waals surface area contributed by atoms with Gasteiger partial charge in [0.1, 0.15) is 5.82 Å². The van der Waals surface area contributed by atoms with E-state index in [-0.39, 0.29) is 11.8 Å². The maximum absolute atomic E-state index is 12.2. The summed E-state index contributed by atoms with van der Waals surface area (Å²) in [6.45, 7) is 3.98. The molecule has 2 N–H and O–H groups in total. The minimum atomic E-state index is 0.159. The molecule has 1 aliphatic carbocycles. The van der Waals surface area contributed by atoms with Crippen LogP contribution < -0.4 is 15.5 Å². The van der Waals surface area contributed by atoms with Crippen LogP contribution in [-0.2, 0) is 4.79 Å². The number of hydrogen-bond donors (Lipinski definition) is 2. The van der Waals surface area contributed by atoms with Crippen LogP contribution in [0, 0.1) is 5.92 Å². The SMILES string of the molecule is O=C(Nc1ccc(N2CCNCC2)nc1)C1CCCCC1. The second-order valence-electron chi connectivity index (χ2n) is 5.97. The molecule has 1 saturated carbocycles. The second kappa shape index (κ2) is 6.89. The fraction of sp³-hybridized carbons (Fsp3) is 0.625. The number of anilines is 2. The standard InChI is InChI=1S/C16H24N4O/c21-16(13-4-2-1-3-5-13)19-14-6-7-15(18-12-14)20-10-8-17-9-11-20/h6-7,12-13,17H,1-5,8-11H2,(H,19,21). The van der Waals surface area contributed by atoms with Crippen molar-refractivity contribution in [2.75, 3.05) is 36.4 Å². The van der Waals surface area contributed by atoms with Crippen molar-refractivity contribution >= 4 is 17.4 Å². The van der Waals surface area contributed by atoms with Crippen LogP contribution in [0.4, 0.5) is 11.5 Å². The number of carbonyl (C=O) groups is 1. The lowest BCUT2D eigenvalue weighted by atomic mass is 9.88. The lowest BCUT2D eigenvalue weighted by Gasteiger charge is -2.28. The van der Waals surface area contributed by atoms with E-state index in [1.807, 2.05) is 12.1 Å². The molecule has 2 aliphatic rings. The van der Waals surface area contributed by atoms with Crippen molar-refractivity contribution in [1.82, 2.24) is 10.3 Å². The third-order valence-corrected chi connectivity index (χ3v) is 4.43. The van der Waals surface area contributed by atoms with Gasteiger partial charge in [-0.3, -0.25) is 4.79 Å². The molecule has 2 fully saturated rings. The molecule has 0 aromatic carbocycles. The van der Waals surface area contributed by atoms with Gasteiger partial charge in [-0.15, -0.1) is 0 Å². The van der Waals surface area contributed by atoms with E-state index in [1.165, 1.54) is 19.3 Å². The average molecular weight is 288 g/mol. The van der Waals surface area contributed by atoms with Gasteiger partial charge in [-0.25, -0.2) is 4.98 Å². The molecule has 2 heterocycles. The van der Waals surface area contributed by atoms with Crippen LogP contribution in [-0.4, -0.2) is 37.1 Å². The van der Waals surface area contributed by atoms with Crippen LogP contribution >= 0.6 is 0 Å². The lowest BCUT2D eigenvalue weighted by Crippen LogP contribution is -2.43. The Bertz CT molecular complexity index is 462. The quantitative estimate of drug-likeness (QED) is 0.893. The van der Waals surface area contributed by atoms with Crippen molar-refractivity contribution in [3.05, 3.63) is 18.3 Å². The molecule has 21 heavy (non-hydrogen) atoms. The molecule has 1 saturated heterocycles. The molecule has 0 bridgehead atoms. The van der Waals surface area contributed by atoms with E-state index >= 15 is 0 Å². The van der Waals surface area contributed by atoms with Crippen molar-refractivity contribution in [2.45, 2.75) is 32.1 Å². The third-order valence-electron chi connectivity index (χ3n) is 4.43. The number of piperazine rings is 1. The van der Waals surface area contributed by atoms with Gasteiger partial charge in [-0.2, -0.15) is 0 Å². The summed E-state index contributed by atoms with van der Waals surface area (Å²) in [4.78, 5) is 18.9. The first-order valence-corrected chi connectivity index (χ1v) is 8.05. The van der Waals surface area contributed by atoms with Crippen molar-refractivity contribution < 1.29 is 4.79 Å². The zero-order valence-electron chi connectivity index (χ0n) is 12.5. The Labute approximate surface area is 126 Å². The van der Waals surface area contributed by atoms with E-state index in [1.54, 1.807) is 6.20 Å². The van der Waals surface area contributed by atoms with E-state index in [0.717, 1.165) is 50.5 Å². The summed E-state index contributed by atoms with van der Waals surface area (Å²) >= 11 is 0. The maximum Gasteiger partial charge on any atom is 0.227 e. The van der Waals surface area contributed by atoms with Crippen LogP contribution in [0.1, 0.15) is 32.1 Å². The molecule has 1 aromatic rings. The van der Waals surface area contributed by atoms with Crippen molar-refractivity contribution in [3.8, 4) is 0 Å². The van der Waals surface area contributed by atoms with Crippen LogP contribution in [0.25, 0.3) is 0 Å². The zero-order chi connectivity index (χ0) is 14.5. The molecule has 0 radical (unpaired) electrons. The van der Waals surface area contributed by atoms with Gasteiger partial charge >= 0.3 is 0 Å². The summed E-state index contributed by atoms with van der Waals surface area (Å²) in [5.74, 6) is 1.34. The molecule has 0 spiro atoms. The van der Waals surface area contributed by atoms with Gasteiger partial charge in [0, 0.05) is 32.1 Å². The van der Waals surface area contributed by atoms with Gasteiger partial charge in [0.25, 0.3) is 0 Å². The summed E-state index contributed by atoms with van der Waals surface area (Å²) in [5, 5.41) is 6.34. The second-order valence-corrected chi connectivity index (χ2v) is 5.97. The summed E-state index contributed by atoms with van der Waals surface area (Å²) < 4.78 is 0. The summed E-state index contributed by atoms with van der Waals surface area (Å²) in [7, 11) is 0. The molecule has 114 valence electrons. The van der Waals surface area contributed by atoms with E-state index in [2.05, 4.69) is 20.5 Å². The smallest absolute Gasteiger partial charge is 0.227 e. The van der Waals surface area contributed by atoms with E-state index in [4.69, 9.17) is 0 Å². The molecule has 5 nitrogen and oxygen atoms in total.